The summed E-state index contributed by atoms with van der Waals surface area (Å²) >= 11 is 4.21. The number of nitrogens with one attached hydrogen (secondary N) is 1. The van der Waals surface area contributed by atoms with Crippen LogP contribution in [0.4, 0.5) is 14.9 Å². The lowest BCUT2D eigenvalue weighted by atomic mass is 10.1. The molecule has 1 atom stereocenters. The average molecular weight is 537 g/mol. The van der Waals surface area contributed by atoms with Gasteiger partial charge in [-0.15, -0.1) is 0 Å². The number of carbonyl (C=O) groups excluding carboxylic acids is 3. The highest BCUT2D eigenvalue weighted by atomic mass is 79.9. The molecule has 0 radical (unpaired) electrons. The number of thioether (sulfide) groups is 1. The van der Waals surface area contributed by atoms with Crippen LogP contribution in [0.3, 0.4) is 0 Å². The molecular weight excluding hydrogens is 515 g/mol. The van der Waals surface area contributed by atoms with Gasteiger partial charge in [0.1, 0.15) is 12.4 Å². The maximum absolute atomic E-state index is 13.3. The summed E-state index contributed by atoms with van der Waals surface area (Å²) in [6.07, 6.45) is 2.35. The lowest BCUT2D eigenvalue weighted by Gasteiger charge is -2.17. The molecule has 1 heterocycles. The molecule has 10 heteroatoms. The van der Waals surface area contributed by atoms with Crippen molar-refractivity contribution >= 4 is 56.5 Å². The number of rotatable bonds is 8. The minimum absolute atomic E-state index is 0.0175. The Morgan fingerprint density at radius 3 is 2.73 bits per heavy atom. The number of anilines is 1. The summed E-state index contributed by atoms with van der Waals surface area (Å²) in [5.74, 6) is -0.686. The fourth-order valence-electron chi connectivity index (χ4n) is 2.92. The van der Waals surface area contributed by atoms with Gasteiger partial charge in [0.05, 0.1) is 22.6 Å². The molecule has 3 amide bonds. The van der Waals surface area contributed by atoms with Crippen molar-refractivity contribution < 1.29 is 28.2 Å². The molecule has 2 aromatic carbocycles. The highest BCUT2D eigenvalue weighted by Crippen LogP contribution is 2.39. The second-order valence-corrected chi connectivity index (χ2v) is 9.04. The third-order valence-corrected chi connectivity index (χ3v) is 6.22. The minimum Gasteiger partial charge on any atom is -0.493 e. The predicted molar refractivity (Wildman–Crippen MR) is 129 cm³/mol. The van der Waals surface area contributed by atoms with Crippen molar-refractivity contribution in [1.82, 2.24) is 4.90 Å². The van der Waals surface area contributed by atoms with Crippen molar-refractivity contribution in [2.45, 2.75) is 26.4 Å². The number of amides is 3. The van der Waals surface area contributed by atoms with E-state index >= 15 is 0 Å². The lowest BCUT2D eigenvalue weighted by molar-refractivity contribution is -0.127. The number of imide groups is 1. The van der Waals surface area contributed by atoms with Gasteiger partial charge in [-0.2, -0.15) is 0 Å². The predicted octanol–water partition coefficient (Wildman–Crippen LogP) is 5.45. The van der Waals surface area contributed by atoms with E-state index in [-0.39, 0.29) is 16.7 Å². The van der Waals surface area contributed by atoms with E-state index in [1.807, 2.05) is 13.8 Å². The maximum atomic E-state index is 13.3. The van der Waals surface area contributed by atoms with Gasteiger partial charge in [0, 0.05) is 5.69 Å². The molecule has 0 bridgehead atoms. The molecule has 1 fully saturated rings. The number of hydrogen-bond acceptors (Lipinski definition) is 6. The fourth-order valence-corrected chi connectivity index (χ4v) is 4.31. The Bertz CT molecular complexity index is 1120. The van der Waals surface area contributed by atoms with Gasteiger partial charge >= 0.3 is 0 Å². The van der Waals surface area contributed by atoms with Gasteiger partial charge in [-0.1, -0.05) is 13.0 Å². The molecule has 0 spiro atoms. The Balaban J connectivity index is 1.76. The highest BCUT2D eigenvalue weighted by molar-refractivity contribution is 9.10. The molecule has 2 aromatic rings. The summed E-state index contributed by atoms with van der Waals surface area (Å²) < 4.78 is 25.3. The fraction of sp³-hybridized carbons (Fsp3) is 0.261. The van der Waals surface area contributed by atoms with Crippen LogP contribution in [0.5, 0.6) is 11.5 Å². The molecule has 1 aliphatic rings. The third-order valence-electron chi connectivity index (χ3n) is 4.73. The Labute approximate surface area is 203 Å². The molecule has 7 nitrogen and oxygen atoms in total. The SMILES string of the molecule is CC[C@@H](C)Oc1c(Br)cc(/C=C2/SC(=O)N(CC(=O)Nc3cccc(F)c3)C2=O)cc1OC. The summed E-state index contributed by atoms with van der Waals surface area (Å²) in [6.45, 7) is 3.47. The van der Waals surface area contributed by atoms with E-state index in [1.165, 1.54) is 25.3 Å². The average Bonchev–Trinajstić information content (AvgIpc) is 3.02. The second kappa shape index (κ2) is 10.8. The molecule has 3 rings (SSSR count). The summed E-state index contributed by atoms with van der Waals surface area (Å²) in [7, 11) is 1.51. The molecule has 0 unspecified atom stereocenters. The zero-order valence-electron chi connectivity index (χ0n) is 18.2. The topological polar surface area (TPSA) is 84.9 Å². The van der Waals surface area contributed by atoms with Crippen LogP contribution >= 0.6 is 27.7 Å². The number of hydrogen-bond donors (Lipinski definition) is 1. The van der Waals surface area contributed by atoms with Gasteiger partial charge < -0.3 is 14.8 Å². The molecule has 0 saturated carbocycles. The number of halogens is 2. The lowest BCUT2D eigenvalue weighted by Crippen LogP contribution is -2.36. The van der Waals surface area contributed by atoms with E-state index in [0.717, 1.165) is 29.1 Å². The van der Waals surface area contributed by atoms with Crippen LogP contribution in [0.25, 0.3) is 6.08 Å². The van der Waals surface area contributed by atoms with Crippen molar-refractivity contribution in [3.8, 4) is 11.5 Å². The van der Waals surface area contributed by atoms with Crippen LogP contribution < -0.4 is 14.8 Å². The zero-order valence-corrected chi connectivity index (χ0v) is 20.6. The van der Waals surface area contributed by atoms with E-state index in [4.69, 9.17) is 9.47 Å². The summed E-state index contributed by atoms with van der Waals surface area (Å²) in [5.41, 5.74) is 0.851. The Morgan fingerprint density at radius 1 is 1.30 bits per heavy atom. The van der Waals surface area contributed by atoms with Crippen LogP contribution in [0, 0.1) is 5.82 Å². The summed E-state index contributed by atoms with van der Waals surface area (Å²) in [5, 5.41) is 1.91. The Morgan fingerprint density at radius 2 is 2.06 bits per heavy atom. The van der Waals surface area contributed by atoms with Crippen LogP contribution in [0.15, 0.2) is 45.8 Å². The largest absolute Gasteiger partial charge is 0.493 e. The molecule has 1 aliphatic heterocycles. The number of nitrogens with zero attached hydrogens (tertiary/aromatic N) is 1. The first-order chi connectivity index (χ1) is 15.7. The van der Waals surface area contributed by atoms with Crippen molar-refractivity contribution in [3.63, 3.8) is 0 Å². The van der Waals surface area contributed by atoms with Gasteiger partial charge in [0.15, 0.2) is 11.5 Å². The van der Waals surface area contributed by atoms with Crippen molar-refractivity contribution in [3.05, 3.63) is 57.2 Å². The van der Waals surface area contributed by atoms with Gasteiger partial charge in [-0.25, -0.2) is 4.39 Å². The molecule has 0 aliphatic carbocycles. The molecular formula is C23H22BrFN2O5S. The van der Waals surface area contributed by atoms with Crippen LogP contribution in [0.2, 0.25) is 0 Å². The van der Waals surface area contributed by atoms with Crippen molar-refractivity contribution in [1.29, 1.82) is 0 Å². The van der Waals surface area contributed by atoms with Gasteiger partial charge in [-0.05, 0) is 83.0 Å². The van der Waals surface area contributed by atoms with E-state index in [1.54, 1.807) is 18.2 Å². The van der Waals surface area contributed by atoms with Gasteiger partial charge in [0.2, 0.25) is 5.91 Å². The highest BCUT2D eigenvalue weighted by Gasteiger charge is 2.36. The van der Waals surface area contributed by atoms with Crippen LogP contribution in [-0.4, -0.2) is 41.7 Å². The quantitative estimate of drug-likeness (QED) is 0.451. The van der Waals surface area contributed by atoms with E-state index < -0.39 is 29.4 Å². The third kappa shape index (κ3) is 6.14. The Hall–Kier alpha value is -2.85. The molecule has 174 valence electrons. The van der Waals surface area contributed by atoms with E-state index in [2.05, 4.69) is 21.2 Å². The minimum atomic E-state index is -0.611. The van der Waals surface area contributed by atoms with E-state index in [9.17, 15) is 18.8 Å². The van der Waals surface area contributed by atoms with Gasteiger partial charge in [-0.3, -0.25) is 19.3 Å². The maximum Gasteiger partial charge on any atom is 0.294 e. The van der Waals surface area contributed by atoms with Crippen molar-refractivity contribution in [2.75, 3.05) is 19.0 Å². The van der Waals surface area contributed by atoms with Crippen LogP contribution in [-0.2, 0) is 9.59 Å². The number of benzene rings is 2. The Kier molecular flexibility index (Phi) is 8.15. The molecule has 1 N–H and O–H groups in total. The first kappa shape index (κ1) is 24.8. The monoisotopic (exact) mass is 536 g/mol. The number of methoxy groups -OCH3 is 1. The summed E-state index contributed by atoms with van der Waals surface area (Å²) in [4.78, 5) is 38.4. The summed E-state index contributed by atoms with van der Waals surface area (Å²) in [6, 6.07) is 8.80. The number of carbonyl (C=O) groups is 3. The standard InChI is InChI=1S/C23H22BrFN2O5S/c1-4-13(2)32-21-17(24)8-14(9-18(21)31-3)10-19-22(29)27(23(30)33-19)12-20(28)26-16-7-5-6-15(25)11-16/h5-11,13H,4,12H2,1-3H3,(H,26,28)/b19-10+/t13-/m1/s1. The molecule has 33 heavy (non-hydrogen) atoms. The van der Waals surface area contributed by atoms with Crippen LogP contribution in [0.1, 0.15) is 25.8 Å². The van der Waals surface area contributed by atoms with Gasteiger partial charge in [0.25, 0.3) is 11.1 Å². The zero-order chi connectivity index (χ0) is 24.1. The normalized spacial score (nSPS) is 15.7. The second-order valence-electron chi connectivity index (χ2n) is 7.20. The first-order valence-corrected chi connectivity index (χ1v) is 11.7. The smallest absolute Gasteiger partial charge is 0.294 e. The van der Waals surface area contributed by atoms with E-state index in [0.29, 0.717) is 21.5 Å². The molecule has 1 saturated heterocycles. The van der Waals surface area contributed by atoms with Crippen molar-refractivity contribution in [2.24, 2.45) is 0 Å². The first-order valence-electron chi connectivity index (χ1n) is 10.1. The molecule has 0 aromatic heterocycles. The number of ether oxygens (including phenoxy) is 2.